The van der Waals surface area contributed by atoms with Crippen molar-refractivity contribution < 1.29 is 121 Å². The van der Waals surface area contributed by atoms with E-state index in [9.17, 15) is 25.5 Å². The van der Waals surface area contributed by atoms with Crippen molar-refractivity contribution in [3.05, 3.63) is 241 Å². The van der Waals surface area contributed by atoms with Crippen LogP contribution in [0.3, 0.4) is 0 Å². The van der Waals surface area contributed by atoms with E-state index in [1.807, 2.05) is 276 Å². The normalized spacial score (nSPS) is 12.8. The zero-order valence-electron chi connectivity index (χ0n) is 71.7. The minimum Gasteiger partial charge on any atom is -0.393 e. The van der Waals surface area contributed by atoms with Crippen molar-refractivity contribution in [3.8, 4) is 67.5 Å². The van der Waals surface area contributed by atoms with Gasteiger partial charge < -0.3 is 60.8 Å². The third kappa shape index (κ3) is 44.0. The number of nitrogens with zero attached hydrogens (tertiary/aromatic N) is 8. The van der Waals surface area contributed by atoms with Crippen LogP contribution in [0.1, 0.15) is 203 Å². The van der Waals surface area contributed by atoms with E-state index in [0.29, 0.717) is 37.5 Å². The first-order valence-electron chi connectivity index (χ1n) is 39.1. The number of aromatic nitrogens is 8. The third-order valence-electron chi connectivity index (χ3n) is 17.7. The maximum atomic E-state index is 9.76. The van der Waals surface area contributed by atoms with Crippen LogP contribution in [0, 0.1) is 87.5 Å². The van der Waals surface area contributed by atoms with Gasteiger partial charge in [0.1, 0.15) is 0 Å². The molecule has 0 aliphatic rings. The van der Waals surface area contributed by atoms with Gasteiger partial charge in [0, 0.05) is 157 Å². The summed E-state index contributed by atoms with van der Waals surface area (Å²) in [7, 11) is 0. The Morgan fingerprint density at radius 1 is 0.339 bits per heavy atom. The van der Waals surface area contributed by atoms with Gasteiger partial charge in [0.25, 0.3) is 0 Å². The van der Waals surface area contributed by atoms with E-state index in [0.717, 1.165) is 121 Å². The Balaban J connectivity index is 0. The van der Waals surface area contributed by atoms with Crippen molar-refractivity contribution in [1.82, 2.24) is 39.9 Å². The fourth-order valence-corrected chi connectivity index (χ4v) is 10.5. The summed E-state index contributed by atoms with van der Waals surface area (Å²) < 4.78 is 0. The van der Waals surface area contributed by atoms with Gasteiger partial charge in [0.05, 0.1) is 77.3 Å². The third-order valence-corrected chi connectivity index (χ3v) is 17.7. The first-order chi connectivity index (χ1) is 52.4. The van der Waals surface area contributed by atoms with E-state index >= 15 is 0 Å². The first kappa shape index (κ1) is 111. The average Bonchev–Trinajstić information content (AvgIpc) is 0.796. The molecule has 115 heavy (non-hydrogen) atoms. The van der Waals surface area contributed by atoms with Crippen molar-refractivity contribution in [2.24, 2.45) is 28.6 Å². The molecule has 10 aromatic rings. The maximum Gasteiger partial charge on any atom is 0.0873 e. The molecule has 4 aromatic heterocycles. The fourth-order valence-electron chi connectivity index (χ4n) is 10.5. The van der Waals surface area contributed by atoms with Gasteiger partial charge >= 0.3 is 0 Å². The molecule has 4 radical (unpaired) electrons. The van der Waals surface area contributed by atoms with Crippen LogP contribution in [-0.4, -0.2) is 130 Å². The Kier molecular flexibility index (Phi) is 56.7. The van der Waals surface area contributed by atoms with Gasteiger partial charge in [0.15, 0.2) is 0 Å². The zero-order chi connectivity index (χ0) is 83.0. The number of aliphatic hydroxyl groups excluding tert-OH is 8. The Morgan fingerprint density at radius 2 is 0.678 bits per heavy atom. The van der Waals surface area contributed by atoms with Crippen molar-refractivity contribution in [3.63, 3.8) is 0 Å². The van der Waals surface area contributed by atoms with Gasteiger partial charge in [-0.05, 0) is 120 Å². The Bertz CT molecular complexity index is 3990. The van der Waals surface area contributed by atoms with E-state index in [1.165, 1.54) is 0 Å². The van der Waals surface area contributed by atoms with Crippen molar-refractivity contribution in [2.75, 3.05) is 0 Å². The molecule has 0 spiro atoms. The second-order valence-corrected chi connectivity index (χ2v) is 31.6. The smallest absolute Gasteiger partial charge is 0.0873 e. The van der Waals surface area contributed by atoms with Crippen LogP contribution in [0.25, 0.3) is 67.5 Å². The zero-order valence-corrected chi connectivity index (χ0v) is 81.3. The molecule has 0 fully saturated rings. The first-order valence-corrected chi connectivity index (χ1v) is 39.1. The van der Waals surface area contributed by atoms with Crippen LogP contribution in [0.2, 0.25) is 0 Å². The molecule has 0 saturated carbocycles. The fraction of sp³-hybridized carbons (Fsp3) is 0.453. The van der Waals surface area contributed by atoms with Crippen LogP contribution in [0.15, 0.2) is 183 Å². The molecule has 638 valence electrons. The number of rotatable bonds is 21. The molecule has 0 aliphatic heterocycles. The summed E-state index contributed by atoms with van der Waals surface area (Å²) in [5.41, 5.74) is 16.9. The molecule has 0 aliphatic carbocycles. The second kappa shape index (κ2) is 58.7. The van der Waals surface area contributed by atoms with Crippen molar-refractivity contribution in [2.45, 2.75) is 252 Å². The molecular formula is C95H130Ir4N8O8-4. The molecule has 8 atom stereocenters. The number of aliphatic hydroxyl groups is 8. The molecule has 0 bridgehead atoms. The van der Waals surface area contributed by atoms with Gasteiger partial charge in [-0.2, -0.15) is 0 Å². The quantitative estimate of drug-likeness (QED) is 0.0311. The minimum absolute atomic E-state index is 0. The standard InChI is InChI=1S/C22H15N2.C14H15N2.2C12H11N2.C11H24O2.C9H20O2.C8H18O2.C7H16O2.4Ir/c1-4-10-17(11-5-1)20-16-23-21(18-12-6-2-7-13-18)22(24-20)19-14-8-3-9-15-19;1-10(2)13-9-15-14(11(3)16-13)12-7-5-4-6-8-12;2*1-9-8-13-12(10(2)14-9)11-6-4-3-5-7-11;1-10(2,3)8(12)7-9(13)11(4,5)6;1-6(2)8(10)5-9(11)7(3)4;1-6(2)4-8(10)5-7(3)9;1-3-6(8)5-7(9)4-2;;;;/h1-12,14-16H;4-7,9-10H,1-3H3;2*3-6,8H,1-2H3;8-9,12-13H,7H2,1-6H3;6-11H,5H2,1-4H3;6-10H,4-5H2,1-3H3;6-9H,3-5H2,1-2H3;;;;/q4*-1;;;;;;;;. The van der Waals surface area contributed by atoms with E-state index in [4.69, 9.17) is 25.3 Å². The topological polar surface area (TPSA) is 265 Å². The van der Waals surface area contributed by atoms with Gasteiger partial charge in [-0.15, -0.1) is 144 Å². The van der Waals surface area contributed by atoms with Crippen LogP contribution in [0.5, 0.6) is 0 Å². The van der Waals surface area contributed by atoms with Gasteiger partial charge in [-0.1, -0.05) is 171 Å². The molecule has 20 heteroatoms. The summed E-state index contributed by atoms with van der Waals surface area (Å²) in [5.74, 6) is 1.40. The maximum absolute atomic E-state index is 9.76. The summed E-state index contributed by atoms with van der Waals surface area (Å²) in [6.07, 6.45) is 8.49. The number of benzene rings is 6. The average molecular weight is 2280 g/mol. The van der Waals surface area contributed by atoms with Gasteiger partial charge in [-0.25, -0.2) is 0 Å². The van der Waals surface area contributed by atoms with Crippen molar-refractivity contribution >= 4 is 0 Å². The van der Waals surface area contributed by atoms with E-state index in [-0.39, 0.29) is 140 Å². The summed E-state index contributed by atoms with van der Waals surface area (Å²) in [4.78, 5) is 36.1. The van der Waals surface area contributed by atoms with Crippen LogP contribution in [-0.2, 0) is 80.4 Å². The largest absolute Gasteiger partial charge is 0.393 e. The molecule has 16 nitrogen and oxygen atoms in total. The monoisotopic (exact) mass is 2280 g/mol. The summed E-state index contributed by atoms with van der Waals surface area (Å²) in [6, 6.07) is 64.3. The van der Waals surface area contributed by atoms with E-state index < -0.39 is 12.2 Å². The predicted molar refractivity (Wildman–Crippen MR) is 455 cm³/mol. The van der Waals surface area contributed by atoms with Gasteiger partial charge in [0.2, 0.25) is 0 Å². The molecule has 6 aromatic carbocycles. The molecule has 4 heterocycles. The Morgan fingerprint density at radius 3 is 0.983 bits per heavy atom. The Labute approximate surface area is 744 Å². The molecular weight excluding hydrogens is 2150 g/mol. The van der Waals surface area contributed by atoms with Crippen LogP contribution >= 0.6 is 0 Å². The summed E-state index contributed by atoms with van der Waals surface area (Å²) in [6.45, 7) is 43.4. The molecule has 0 amide bonds. The SMILES string of the molecule is CC(C)(C)C(O)CC(O)C(C)(C)C.CC(C)C(O)CC(O)C(C)C.CC(C)CC(O)CC(C)O.CCC(O)CC(O)CC.Cc1cnc(-c2[c-]cccc2)c(C)n1.Cc1cnc(-c2[c-]cccc2)c(C)n1.Cc1nc(C(C)C)cnc1-c1[c-]cccc1.[Ir].[Ir].[Ir].[Ir].[c-]1ccccc1-c1ncc(-c2ccccc2)nc1-c1ccccc1. The summed E-state index contributed by atoms with van der Waals surface area (Å²) in [5, 5.41) is 74.4. The molecule has 8 unspecified atom stereocenters. The summed E-state index contributed by atoms with van der Waals surface area (Å²) >= 11 is 0. The van der Waals surface area contributed by atoms with Crippen molar-refractivity contribution in [1.29, 1.82) is 0 Å². The predicted octanol–water partition coefficient (Wildman–Crippen LogP) is 19.4. The number of hydrogen-bond donors (Lipinski definition) is 8. The van der Waals surface area contributed by atoms with Crippen LogP contribution < -0.4 is 0 Å². The van der Waals surface area contributed by atoms with E-state index in [2.05, 4.69) is 94.0 Å². The van der Waals surface area contributed by atoms with Gasteiger partial charge in [-0.3, -0.25) is 19.9 Å². The number of aryl methyl sites for hydroxylation is 5. The Hall–Kier alpha value is -6.08. The molecule has 8 N–H and O–H groups in total. The minimum atomic E-state index is -0.443. The second-order valence-electron chi connectivity index (χ2n) is 31.6. The number of hydrogen-bond acceptors (Lipinski definition) is 16. The van der Waals surface area contributed by atoms with E-state index in [1.54, 1.807) is 19.3 Å². The molecule has 0 saturated heterocycles. The van der Waals surface area contributed by atoms with Crippen LogP contribution in [0.4, 0.5) is 0 Å². The molecule has 10 rings (SSSR count).